The monoisotopic (exact) mass is 418 g/mol. The quantitative estimate of drug-likeness (QED) is 0.319. The number of carbonyl (C=O) groups excluding carboxylic acids is 1. The highest BCUT2D eigenvalue weighted by molar-refractivity contribution is 5.76. The topological polar surface area (TPSA) is 83.7 Å². The minimum absolute atomic E-state index is 0.181. The number of aromatic nitrogens is 1. The van der Waals surface area contributed by atoms with E-state index in [1.54, 1.807) is 20.3 Å². The predicted molar refractivity (Wildman–Crippen MR) is 121 cm³/mol. The molecular weight excluding hydrogens is 380 g/mol. The number of primary amides is 1. The average Bonchev–Trinajstić information content (AvgIpc) is 2.72. The third-order valence-corrected chi connectivity index (χ3v) is 5.14. The highest BCUT2D eigenvalue weighted by Crippen LogP contribution is 2.28. The van der Waals surface area contributed by atoms with Gasteiger partial charge in [-0.25, -0.2) is 4.98 Å². The van der Waals surface area contributed by atoms with Gasteiger partial charge in [0.15, 0.2) is 5.75 Å². The van der Waals surface area contributed by atoms with E-state index < -0.39 is 0 Å². The molecule has 0 aliphatic heterocycles. The Bertz CT molecular complexity index is 673. The van der Waals surface area contributed by atoms with Gasteiger partial charge < -0.3 is 19.9 Å². The molecule has 0 aromatic carbocycles. The van der Waals surface area contributed by atoms with Crippen LogP contribution in [0.15, 0.2) is 37.1 Å². The van der Waals surface area contributed by atoms with Crippen molar-refractivity contribution < 1.29 is 19.0 Å². The molecule has 1 rings (SSSR count). The van der Waals surface area contributed by atoms with Gasteiger partial charge >= 0.3 is 0 Å². The maximum Gasteiger partial charge on any atom is 0.256 e. The molecule has 0 saturated carbocycles. The standard InChI is InChI=1S/C24H38N2O4/c1-6-10-20(23(25)27)11-7-8-12-21(18(2)3)15-19-16-22(24(29-5)26-17-19)30-14-9-13-28-4/h6-8,16-18,20-21H,1,9-15H2,2-5H3,(H2,25,27)/b8-7+. The van der Waals surface area contributed by atoms with E-state index in [0.717, 1.165) is 24.8 Å². The third kappa shape index (κ3) is 9.44. The Morgan fingerprint density at radius 2 is 1.93 bits per heavy atom. The van der Waals surface area contributed by atoms with E-state index in [1.807, 2.05) is 12.3 Å². The molecular formula is C24H38N2O4. The molecule has 1 amide bonds. The summed E-state index contributed by atoms with van der Waals surface area (Å²) < 4.78 is 16.2. The van der Waals surface area contributed by atoms with E-state index >= 15 is 0 Å². The second kappa shape index (κ2) is 14.6. The van der Waals surface area contributed by atoms with E-state index in [9.17, 15) is 4.79 Å². The lowest BCUT2D eigenvalue weighted by atomic mass is 9.86. The molecule has 1 heterocycles. The van der Waals surface area contributed by atoms with Crippen LogP contribution in [0.3, 0.4) is 0 Å². The molecule has 2 unspecified atom stereocenters. The molecule has 0 fully saturated rings. The summed E-state index contributed by atoms with van der Waals surface area (Å²) in [5, 5.41) is 0. The molecule has 0 spiro atoms. The Kier molecular flexibility index (Phi) is 12.5. The van der Waals surface area contributed by atoms with Crippen molar-refractivity contribution >= 4 is 5.91 Å². The minimum Gasteiger partial charge on any atom is -0.488 e. The lowest BCUT2D eigenvalue weighted by Gasteiger charge is -2.20. The summed E-state index contributed by atoms with van der Waals surface area (Å²) in [5.41, 5.74) is 6.56. The maximum absolute atomic E-state index is 11.5. The van der Waals surface area contributed by atoms with Crippen molar-refractivity contribution in [3.8, 4) is 11.6 Å². The van der Waals surface area contributed by atoms with Crippen LogP contribution < -0.4 is 15.2 Å². The van der Waals surface area contributed by atoms with Crippen LogP contribution >= 0.6 is 0 Å². The summed E-state index contributed by atoms with van der Waals surface area (Å²) in [7, 11) is 3.27. The molecule has 6 nitrogen and oxygen atoms in total. The number of allylic oxidation sites excluding steroid dienone is 3. The van der Waals surface area contributed by atoms with Gasteiger partial charge in [-0.05, 0) is 49.1 Å². The molecule has 0 saturated heterocycles. The van der Waals surface area contributed by atoms with E-state index in [2.05, 4.69) is 37.6 Å². The number of ether oxygens (including phenoxy) is 3. The Morgan fingerprint density at radius 3 is 2.53 bits per heavy atom. The Morgan fingerprint density at radius 1 is 1.20 bits per heavy atom. The van der Waals surface area contributed by atoms with Crippen molar-refractivity contribution in [2.24, 2.45) is 23.5 Å². The van der Waals surface area contributed by atoms with Crippen molar-refractivity contribution in [1.29, 1.82) is 0 Å². The fraction of sp³-hybridized carbons (Fsp3) is 0.583. The summed E-state index contributed by atoms with van der Waals surface area (Å²) in [6.45, 7) is 9.35. The van der Waals surface area contributed by atoms with Crippen molar-refractivity contribution in [3.63, 3.8) is 0 Å². The van der Waals surface area contributed by atoms with E-state index in [1.165, 1.54) is 0 Å². The van der Waals surface area contributed by atoms with E-state index in [0.29, 0.717) is 49.5 Å². The first-order valence-electron chi connectivity index (χ1n) is 10.6. The highest BCUT2D eigenvalue weighted by atomic mass is 16.5. The number of carbonyl (C=O) groups is 1. The van der Waals surface area contributed by atoms with Crippen LogP contribution in [-0.2, 0) is 16.0 Å². The molecule has 1 aromatic heterocycles. The number of amides is 1. The van der Waals surface area contributed by atoms with Gasteiger partial charge in [-0.2, -0.15) is 0 Å². The fourth-order valence-corrected chi connectivity index (χ4v) is 3.18. The molecule has 0 bridgehead atoms. The summed E-state index contributed by atoms with van der Waals surface area (Å²) in [4.78, 5) is 15.9. The molecule has 0 radical (unpaired) electrons. The van der Waals surface area contributed by atoms with E-state index in [4.69, 9.17) is 19.9 Å². The molecule has 2 atom stereocenters. The zero-order chi connectivity index (χ0) is 22.4. The Balaban J connectivity index is 2.74. The number of hydrogen-bond acceptors (Lipinski definition) is 5. The largest absolute Gasteiger partial charge is 0.488 e. The number of hydrogen-bond donors (Lipinski definition) is 1. The minimum atomic E-state index is -0.276. The predicted octanol–water partition coefficient (Wildman–Crippen LogP) is 4.33. The van der Waals surface area contributed by atoms with Gasteiger partial charge in [-0.3, -0.25) is 4.79 Å². The Labute approximate surface area is 181 Å². The first kappa shape index (κ1) is 25.7. The van der Waals surface area contributed by atoms with Gasteiger partial charge in [-0.1, -0.05) is 32.1 Å². The lowest BCUT2D eigenvalue weighted by Crippen LogP contribution is -2.22. The molecule has 30 heavy (non-hydrogen) atoms. The number of pyridine rings is 1. The maximum atomic E-state index is 11.5. The molecule has 0 aliphatic rings. The van der Waals surface area contributed by atoms with Crippen LogP contribution in [0.4, 0.5) is 0 Å². The SMILES string of the molecule is C=CCC(C/C=C/CC(Cc1cnc(OC)c(OCCCOC)c1)C(C)C)C(N)=O. The zero-order valence-electron chi connectivity index (χ0n) is 18.9. The van der Waals surface area contributed by atoms with Crippen LogP contribution in [-0.4, -0.2) is 38.3 Å². The summed E-state index contributed by atoms with van der Waals surface area (Å²) in [6.07, 6.45) is 11.7. The number of methoxy groups -OCH3 is 2. The van der Waals surface area contributed by atoms with Crippen LogP contribution in [0.1, 0.15) is 45.1 Å². The van der Waals surface area contributed by atoms with Crippen molar-refractivity contribution in [1.82, 2.24) is 4.98 Å². The second-order valence-electron chi connectivity index (χ2n) is 7.82. The van der Waals surface area contributed by atoms with Crippen LogP contribution in [0.25, 0.3) is 0 Å². The van der Waals surface area contributed by atoms with Gasteiger partial charge in [0.05, 0.1) is 13.7 Å². The average molecular weight is 419 g/mol. The van der Waals surface area contributed by atoms with E-state index in [-0.39, 0.29) is 11.8 Å². The van der Waals surface area contributed by atoms with Gasteiger partial charge in [0, 0.05) is 32.3 Å². The number of rotatable bonds is 16. The Hall–Kier alpha value is -2.34. The summed E-state index contributed by atoms with van der Waals surface area (Å²) in [6, 6.07) is 2.02. The van der Waals surface area contributed by atoms with Crippen LogP contribution in [0.2, 0.25) is 0 Å². The lowest BCUT2D eigenvalue weighted by molar-refractivity contribution is -0.121. The first-order chi connectivity index (χ1) is 14.4. The van der Waals surface area contributed by atoms with Crippen LogP contribution in [0, 0.1) is 17.8 Å². The van der Waals surface area contributed by atoms with Crippen molar-refractivity contribution in [2.75, 3.05) is 27.4 Å². The molecule has 0 aliphatic carbocycles. The molecule has 2 N–H and O–H groups in total. The second-order valence-corrected chi connectivity index (χ2v) is 7.82. The van der Waals surface area contributed by atoms with Crippen molar-refractivity contribution in [3.05, 3.63) is 42.6 Å². The van der Waals surface area contributed by atoms with Gasteiger partial charge in [0.2, 0.25) is 5.91 Å². The van der Waals surface area contributed by atoms with Crippen LogP contribution in [0.5, 0.6) is 11.6 Å². The van der Waals surface area contributed by atoms with Crippen molar-refractivity contribution in [2.45, 2.75) is 46.0 Å². The summed E-state index contributed by atoms with van der Waals surface area (Å²) >= 11 is 0. The van der Waals surface area contributed by atoms with Gasteiger partial charge in [0.1, 0.15) is 0 Å². The summed E-state index contributed by atoms with van der Waals surface area (Å²) in [5.74, 6) is 1.66. The first-order valence-corrected chi connectivity index (χ1v) is 10.6. The zero-order valence-corrected chi connectivity index (χ0v) is 18.9. The third-order valence-electron chi connectivity index (χ3n) is 5.14. The number of nitrogens with zero attached hydrogens (tertiary/aromatic N) is 1. The van der Waals surface area contributed by atoms with Gasteiger partial charge in [0.25, 0.3) is 5.88 Å². The normalized spacial score (nSPS) is 13.4. The van der Waals surface area contributed by atoms with Gasteiger partial charge in [-0.15, -0.1) is 6.58 Å². The molecule has 6 heteroatoms. The highest BCUT2D eigenvalue weighted by Gasteiger charge is 2.16. The molecule has 168 valence electrons. The molecule has 1 aromatic rings. The number of nitrogens with two attached hydrogens (primary N) is 1. The fourth-order valence-electron chi connectivity index (χ4n) is 3.18. The smallest absolute Gasteiger partial charge is 0.256 e.